The van der Waals surface area contributed by atoms with Crippen LogP contribution in [-0.4, -0.2) is 43.9 Å². The smallest absolute Gasteiger partial charge is 0.218 e. The van der Waals surface area contributed by atoms with Gasteiger partial charge in [-0.05, 0) is 31.0 Å². The summed E-state index contributed by atoms with van der Waals surface area (Å²) in [6.07, 6.45) is 5.20. The van der Waals surface area contributed by atoms with E-state index in [1.165, 1.54) is 4.31 Å². The largest absolute Gasteiger partial charge is 0.315 e. The second-order valence-corrected chi connectivity index (χ2v) is 6.66. The van der Waals surface area contributed by atoms with E-state index in [-0.39, 0.29) is 11.8 Å². The number of likely N-dealkylation sites (N-methyl/N-ethyl adjacent to an activating group) is 1. The maximum absolute atomic E-state index is 12.3. The molecule has 5 nitrogen and oxygen atoms in total. The molecule has 100 valence electrons. The molecule has 0 amide bonds. The number of sulfonamides is 1. The molecule has 0 saturated carbocycles. The zero-order valence-corrected chi connectivity index (χ0v) is 11.4. The highest BCUT2D eigenvalue weighted by Crippen LogP contribution is 2.15. The summed E-state index contributed by atoms with van der Waals surface area (Å²) in [6, 6.07) is 3.62. The van der Waals surface area contributed by atoms with E-state index < -0.39 is 10.0 Å². The molecule has 2 heterocycles. The predicted molar refractivity (Wildman–Crippen MR) is 70.5 cm³/mol. The van der Waals surface area contributed by atoms with Crippen LogP contribution in [0.25, 0.3) is 0 Å². The van der Waals surface area contributed by atoms with Crippen molar-refractivity contribution < 1.29 is 8.42 Å². The van der Waals surface area contributed by atoms with Crippen LogP contribution in [-0.2, 0) is 15.8 Å². The van der Waals surface area contributed by atoms with E-state index in [0.717, 1.165) is 31.5 Å². The van der Waals surface area contributed by atoms with Gasteiger partial charge in [0.15, 0.2) is 0 Å². The Bertz CT molecular complexity index is 469. The van der Waals surface area contributed by atoms with Gasteiger partial charge in [-0.1, -0.05) is 6.07 Å². The van der Waals surface area contributed by atoms with Crippen molar-refractivity contribution in [1.29, 1.82) is 0 Å². The SMILES string of the molecule is CN([C@H]1CCCNC1)S(=O)(=O)Cc1cccnc1. The zero-order chi connectivity index (χ0) is 13.0. The summed E-state index contributed by atoms with van der Waals surface area (Å²) in [5.74, 6) is 0.0217. The minimum atomic E-state index is -3.26. The van der Waals surface area contributed by atoms with Gasteiger partial charge in [0.1, 0.15) is 0 Å². The lowest BCUT2D eigenvalue weighted by atomic mass is 10.1. The molecule has 2 rings (SSSR count). The molecule has 1 saturated heterocycles. The maximum Gasteiger partial charge on any atom is 0.218 e. The highest BCUT2D eigenvalue weighted by molar-refractivity contribution is 7.88. The molecule has 1 aromatic rings. The standard InChI is InChI=1S/C12H19N3O2S/c1-15(12-5-3-7-14-9-12)18(16,17)10-11-4-2-6-13-8-11/h2,4,6,8,12,14H,3,5,7,9-10H2,1H3/t12-/m0/s1. The van der Waals surface area contributed by atoms with Gasteiger partial charge in [0.05, 0.1) is 5.75 Å². The highest BCUT2D eigenvalue weighted by Gasteiger charge is 2.27. The van der Waals surface area contributed by atoms with E-state index in [4.69, 9.17) is 0 Å². The van der Waals surface area contributed by atoms with Crippen LogP contribution in [0.15, 0.2) is 24.5 Å². The van der Waals surface area contributed by atoms with Crippen LogP contribution < -0.4 is 5.32 Å². The zero-order valence-electron chi connectivity index (χ0n) is 10.5. The molecule has 0 spiro atoms. The van der Waals surface area contributed by atoms with E-state index in [1.54, 1.807) is 31.6 Å². The third kappa shape index (κ3) is 3.28. The van der Waals surface area contributed by atoms with Crippen molar-refractivity contribution in [2.75, 3.05) is 20.1 Å². The van der Waals surface area contributed by atoms with Gasteiger partial charge in [-0.25, -0.2) is 12.7 Å². The van der Waals surface area contributed by atoms with Gasteiger partial charge in [0, 0.05) is 32.0 Å². The Labute approximate surface area is 108 Å². The van der Waals surface area contributed by atoms with Gasteiger partial charge in [0.25, 0.3) is 0 Å². The molecule has 0 radical (unpaired) electrons. The van der Waals surface area contributed by atoms with Gasteiger partial charge in [0.2, 0.25) is 10.0 Å². The molecule has 1 aliphatic heterocycles. The van der Waals surface area contributed by atoms with E-state index in [2.05, 4.69) is 10.3 Å². The number of nitrogens with one attached hydrogen (secondary N) is 1. The number of hydrogen-bond donors (Lipinski definition) is 1. The first-order chi connectivity index (χ1) is 8.59. The number of pyridine rings is 1. The summed E-state index contributed by atoms with van der Waals surface area (Å²) in [5, 5.41) is 3.23. The summed E-state index contributed by atoms with van der Waals surface area (Å²) in [4.78, 5) is 3.95. The molecule has 1 fully saturated rings. The molecule has 1 aliphatic rings. The molecule has 1 aromatic heterocycles. The molecular formula is C12H19N3O2S. The van der Waals surface area contributed by atoms with E-state index >= 15 is 0 Å². The monoisotopic (exact) mass is 269 g/mol. The molecular weight excluding hydrogens is 250 g/mol. The van der Waals surface area contributed by atoms with Gasteiger partial charge in [-0.2, -0.15) is 0 Å². The van der Waals surface area contributed by atoms with Crippen LogP contribution in [0.1, 0.15) is 18.4 Å². The first-order valence-electron chi connectivity index (χ1n) is 6.15. The average molecular weight is 269 g/mol. The molecule has 0 aromatic carbocycles. The van der Waals surface area contributed by atoms with Crippen molar-refractivity contribution >= 4 is 10.0 Å². The summed E-state index contributed by atoms with van der Waals surface area (Å²) in [7, 11) is -1.59. The molecule has 0 unspecified atom stereocenters. The molecule has 1 N–H and O–H groups in total. The lowest BCUT2D eigenvalue weighted by Crippen LogP contribution is -2.46. The van der Waals surface area contributed by atoms with E-state index in [0.29, 0.717) is 0 Å². The number of hydrogen-bond acceptors (Lipinski definition) is 4. The van der Waals surface area contributed by atoms with Gasteiger partial charge < -0.3 is 5.32 Å². The number of nitrogens with zero attached hydrogens (tertiary/aromatic N) is 2. The molecule has 1 atom stereocenters. The van der Waals surface area contributed by atoms with E-state index in [1.807, 2.05) is 0 Å². The lowest BCUT2D eigenvalue weighted by Gasteiger charge is -2.30. The Kier molecular flexibility index (Phi) is 4.31. The Balaban J connectivity index is 2.05. The second kappa shape index (κ2) is 5.77. The topological polar surface area (TPSA) is 62.3 Å². The maximum atomic E-state index is 12.3. The van der Waals surface area contributed by atoms with Crippen molar-refractivity contribution in [3.8, 4) is 0 Å². The number of rotatable bonds is 4. The Morgan fingerprint density at radius 3 is 3.00 bits per heavy atom. The summed E-state index contributed by atoms with van der Waals surface area (Å²) >= 11 is 0. The average Bonchev–Trinajstić information content (AvgIpc) is 2.39. The Morgan fingerprint density at radius 1 is 1.56 bits per heavy atom. The summed E-state index contributed by atoms with van der Waals surface area (Å²) < 4.78 is 26.0. The minimum absolute atomic E-state index is 0.0217. The van der Waals surface area contributed by atoms with Crippen molar-refractivity contribution in [1.82, 2.24) is 14.6 Å². The van der Waals surface area contributed by atoms with Crippen molar-refractivity contribution in [2.45, 2.75) is 24.6 Å². The fourth-order valence-corrected chi connectivity index (χ4v) is 3.60. The Hall–Kier alpha value is -0.980. The van der Waals surface area contributed by atoms with Crippen LogP contribution >= 0.6 is 0 Å². The highest BCUT2D eigenvalue weighted by atomic mass is 32.2. The van der Waals surface area contributed by atoms with Crippen LogP contribution in [0, 0.1) is 0 Å². The lowest BCUT2D eigenvalue weighted by molar-refractivity contribution is 0.300. The van der Waals surface area contributed by atoms with Crippen molar-refractivity contribution in [3.05, 3.63) is 30.1 Å². The van der Waals surface area contributed by atoms with Crippen molar-refractivity contribution in [2.24, 2.45) is 0 Å². The van der Waals surface area contributed by atoms with Crippen LogP contribution in [0.2, 0.25) is 0 Å². The number of aromatic nitrogens is 1. The third-order valence-corrected chi connectivity index (χ3v) is 5.17. The van der Waals surface area contributed by atoms with Gasteiger partial charge >= 0.3 is 0 Å². The normalized spacial score (nSPS) is 21.1. The molecule has 6 heteroatoms. The first-order valence-corrected chi connectivity index (χ1v) is 7.76. The van der Waals surface area contributed by atoms with Gasteiger partial charge in [-0.15, -0.1) is 0 Å². The number of piperidine rings is 1. The quantitative estimate of drug-likeness (QED) is 0.869. The fraction of sp³-hybridized carbons (Fsp3) is 0.583. The third-order valence-electron chi connectivity index (χ3n) is 3.30. The van der Waals surface area contributed by atoms with Gasteiger partial charge in [-0.3, -0.25) is 4.98 Å². The Morgan fingerprint density at radius 2 is 2.39 bits per heavy atom. The van der Waals surface area contributed by atoms with Crippen LogP contribution in [0.5, 0.6) is 0 Å². The van der Waals surface area contributed by atoms with Crippen molar-refractivity contribution in [3.63, 3.8) is 0 Å². The predicted octanol–water partition coefficient (Wildman–Crippen LogP) is 0.595. The van der Waals surface area contributed by atoms with E-state index in [9.17, 15) is 8.42 Å². The second-order valence-electron chi connectivity index (χ2n) is 4.63. The fourth-order valence-electron chi connectivity index (χ4n) is 2.17. The molecule has 0 bridgehead atoms. The van der Waals surface area contributed by atoms with Crippen LogP contribution in [0.3, 0.4) is 0 Å². The van der Waals surface area contributed by atoms with Crippen LogP contribution in [0.4, 0.5) is 0 Å². The first kappa shape index (κ1) is 13.5. The summed E-state index contributed by atoms with van der Waals surface area (Å²) in [6.45, 7) is 1.72. The summed E-state index contributed by atoms with van der Waals surface area (Å²) in [5.41, 5.74) is 0.730. The minimum Gasteiger partial charge on any atom is -0.315 e. The molecule has 18 heavy (non-hydrogen) atoms. The molecule has 0 aliphatic carbocycles.